The summed E-state index contributed by atoms with van der Waals surface area (Å²) in [6, 6.07) is 5.48. The molecule has 0 saturated heterocycles. The van der Waals surface area contributed by atoms with Crippen LogP contribution in [0.2, 0.25) is 5.02 Å². The van der Waals surface area contributed by atoms with Gasteiger partial charge in [0, 0.05) is 17.6 Å². The molecule has 0 unspecified atom stereocenters. The molecule has 1 aromatic heterocycles. The monoisotopic (exact) mass is 222 g/mol. The lowest BCUT2D eigenvalue weighted by Crippen LogP contribution is -2.19. The van der Waals surface area contributed by atoms with E-state index < -0.39 is 0 Å². The summed E-state index contributed by atoms with van der Waals surface area (Å²) in [6.45, 7) is 0.605. The second-order valence-corrected chi connectivity index (χ2v) is 4.55. The Morgan fingerprint density at radius 1 is 1.47 bits per heavy atom. The fraction of sp³-hybridized carbons (Fsp3) is 0.364. The molecule has 3 nitrogen and oxygen atoms in total. The molecule has 3 rings (SSSR count). The van der Waals surface area contributed by atoms with Gasteiger partial charge < -0.3 is 10.2 Å². The van der Waals surface area contributed by atoms with Crippen LogP contribution >= 0.6 is 11.6 Å². The van der Waals surface area contributed by atoms with Gasteiger partial charge in [-0.1, -0.05) is 11.6 Å². The average molecular weight is 223 g/mol. The Bertz CT molecular complexity index is 516. The molecule has 0 spiro atoms. The summed E-state index contributed by atoms with van der Waals surface area (Å²) in [7, 11) is 0. The van der Waals surface area contributed by atoms with Crippen LogP contribution in [0, 0.1) is 0 Å². The fourth-order valence-electron chi connectivity index (χ4n) is 1.78. The smallest absolute Gasteiger partial charge is 0.202 e. The molecule has 1 heterocycles. The molecule has 1 aromatic carbocycles. The normalized spacial score (nSPS) is 18.3. The van der Waals surface area contributed by atoms with Crippen LogP contribution in [0.25, 0.3) is 11.1 Å². The van der Waals surface area contributed by atoms with E-state index >= 15 is 0 Å². The Labute approximate surface area is 92.2 Å². The standard InChI is InChI=1S/C11H11ClN2O/c12-7-1-2-8-9(5-7)15-10(14-8)11(6-13)3-4-11/h1-2,5H,3-4,6,13H2. The molecule has 1 aliphatic rings. The van der Waals surface area contributed by atoms with Crippen molar-refractivity contribution in [3.8, 4) is 0 Å². The fourth-order valence-corrected chi connectivity index (χ4v) is 1.94. The minimum absolute atomic E-state index is 0.00545. The minimum Gasteiger partial charge on any atom is -0.440 e. The van der Waals surface area contributed by atoms with Crippen LogP contribution in [0.15, 0.2) is 22.6 Å². The maximum Gasteiger partial charge on any atom is 0.202 e. The third-order valence-electron chi connectivity index (χ3n) is 3.05. The predicted octanol–water partition coefficient (Wildman–Crippen LogP) is 2.47. The van der Waals surface area contributed by atoms with Gasteiger partial charge in [0.1, 0.15) is 5.52 Å². The first-order valence-corrected chi connectivity index (χ1v) is 5.38. The Kier molecular flexibility index (Phi) is 1.82. The van der Waals surface area contributed by atoms with Crippen LogP contribution in [0.4, 0.5) is 0 Å². The highest BCUT2D eigenvalue weighted by Gasteiger charge is 2.47. The topological polar surface area (TPSA) is 52.0 Å². The van der Waals surface area contributed by atoms with E-state index in [4.69, 9.17) is 21.8 Å². The van der Waals surface area contributed by atoms with Gasteiger partial charge in [0.05, 0.1) is 5.41 Å². The third-order valence-corrected chi connectivity index (χ3v) is 3.28. The van der Waals surface area contributed by atoms with Crippen molar-refractivity contribution in [2.45, 2.75) is 18.3 Å². The van der Waals surface area contributed by atoms with E-state index in [1.807, 2.05) is 12.1 Å². The first-order valence-electron chi connectivity index (χ1n) is 5.00. The van der Waals surface area contributed by atoms with Crippen molar-refractivity contribution in [3.05, 3.63) is 29.1 Å². The first kappa shape index (κ1) is 9.19. The van der Waals surface area contributed by atoms with Gasteiger partial charge in [0.15, 0.2) is 5.58 Å². The molecule has 1 aliphatic carbocycles. The highest BCUT2D eigenvalue weighted by atomic mass is 35.5. The van der Waals surface area contributed by atoms with E-state index in [0.29, 0.717) is 11.6 Å². The lowest BCUT2D eigenvalue weighted by Gasteiger charge is -2.04. The zero-order chi connectivity index (χ0) is 10.5. The summed E-state index contributed by atoms with van der Waals surface area (Å²) >= 11 is 5.88. The predicted molar refractivity (Wildman–Crippen MR) is 59.0 cm³/mol. The molecular formula is C11H11ClN2O. The second-order valence-electron chi connectivity index (χ2n) is 4.12. The number of oxazole rings is 1. The molecule has 1 fully saturated rings. The van der Waals surface area contributed by atoms with Gasteiger partial charge in [-0.05, 0) is 25.0 Å². The quantitative estimate of drug-likeness (QED) is 0.849. The molecule has 0 atom stereocenters. The van der Waals surface area contributed by atoms with Crippen molar-refractivity contribution in [2.24, 2.45) is 5.73 Å². The first-order chi connectivity index (χ1) is 7.23. The van der Waals surface area contributed by atoms with Gasteiger partial charge in [-0.2, -0.15) is 0 Å². The summed E-state index contributed by atoms with van der Waals surface area (Å²) in [5.74, 6) is 0.766. The zero-order valence-corrected chi connectivity index (χ0v) is 8.92. The number of rotatable bonds is 2. The highest BCUT2D eigenvalue weighted by Crippen LogP contribution is 2.47. The van der Waals surface area contributed by atoms with E-state index in [9.17, 15) is 0 Å². The number of nitrogens with zero attached hydrogens (tertiary/aromatic N) is 1. The van der Waals surface area contributed by atoms with Crippen LogP contribution < -0.4 is 5.73 Å². The van der Waals surface area contributed by atoms with E-state index in [-0.39, 0.29) is 5.41 Å². The molecule has 2 N–H and O–H groups in total. The maximum atomic E-state index is 5.88. The van der Waals surface area contributed by atoms with Crippen molar-refractivity contribution in [3.63, 3.8) is 0 Å². The van der Waals surface area contributed by atoms with Crippen molar-refractivity contribution < 1.29 is 4.42 Å². The molecular weight excluding hydrogens is 212 g/mol. The van der Waals surface area contributed by atoms with Crippen molar-refractivity contribution in [2.75, 3.05) is 6.54 Å². The molecule has 78 valence electrons. The summed E-state index contributed by atoms with van der Waals surface area (Å²) in [4.78, 5) is 4.45. The van der Waals surface area contributed by atoms with Gasteiger partial charge in [0.2, 0.25) is 5.89 Å². The maximum absolute atomic E-state index is 5.88. The minimum atomic E-state index is 0.00545. The van der Waals surface area contributed by atoms with Crippen molar-refractivity contribution in [1.29, 1.82) is 0 Å². The third kappa shape index (κ3) is 1.34. The Hall–Kier alpha value is -1.06. The summed E-state index contributed by atoms with van der Waals surface area (Å²) < 4.78 is 5.69. The van der Waals surface area contributed by atoms with Gasteiger partial charge in [-0.25, -0.2) is 4.98 Å². The molecule has 0 aliphatic heterocycles. The van der Waals surface area contributed by atoms with E-state index in [0.717, 1.165) is 29.8 Å². The average Bonchev–Trinajstić information content (AvgIpc) is 2.93. The van der Waals surface area contributed by atoms with Crippen LogP contribution in [-0.4, -0.2) is 11.5 Å². The summed E-state index contributed by atoms with van der Waals surface area (Å²) in [6.07, 6.45) is 2.15. The number of hydrogen-bond acceptors (Lipinski definition) is 3. The van der Waals surface area contributed by atoms with Crippen molar-refractivity contribution >= 4 is 22.7 Å². The highest BCUT2D eigenvalue weighted by molar-refractivity contribution is 6.31. The van der Waals surface area contributed by atoms with E-state index in [1.54, 1.807) is 6.07 Å². The largest absolute Gasteiger partial charge is 0.440 e. The molecule has 1 saturated carbocycles. The summed E-state index contributed by atoms with van der Waals surface area (Å²) in [5, 5.41) is 0.669. The Balaban J connectivity index is 2.14. The number of nitrogens with two attached hydrogens (primary N) is 1. The second kappa shape index (κ2) is 2.97. The van der Waals surface area contributed by atoms with Crippen LogP contribution in [-0.2, 0) is 5.41 Å². The van der Waals surface area contributed by atoms with Crippen LogP contribution in [0.1, 0.15) is 18.7 Å². The SMILES string of the molecule is NCC1(c2nc3ccc(Cl)cc3o2)CC1. The van der Waals surface area contributed by atoms with Gasteiger partial charge in [-0.3, -0.25) is 0 Å². The van der Waals surface area contributed by atoms with Crippen LogP contribution in [0.5, 0.6) is 0 Å². The van der Waals surface area contributed by atoms with Gasteiger partial charge in [0.25, 0.3) is 0 Å². The number of benzene rings is 1. The Morgan fingerprint density at radius 2 is 2.27 bits per heavy atom. The van der Waals surface area contributed by atoms with Crippen LogP contribution in [0.3, 0.4) is 0 Å². The number of halogens is 1. The number of fused-ring (bicyclic) bond motifs is 1. The lowest BCUT2D eigenvalue weighted by atomic mass is 10.1. The molecule has 15 heavy (non-hydrogen) atoms. The molecule has 0 radical (unpaired) electrons. The lowest BCUT2D eigenvalue weighted by molar-refractivity contribution is 0.462. The van der Waals surface area contributed by atoms with Gasteiger partial charge >= 0.3 is 0 Å². The molecule has 0 amide bonds. The number of aromatic nitrogens is 1. The van der Waals surface area contributed by atoms with E-state index in [2.05, 4.69) is 4.98 Å². The molecule has 0 bridgehead atoms. The van der Waals surface area contributed by atoms with Gasteiger partial charge in [-0.15, -0.1) is 0 Å². The van der Waals surface area contributed by atoms with Crippen molar-refractivity contribution in [1.82, 2.24) is 4.98 Å². The number of hydrogen-bond donors (Lipinski definition) is 1. The zero-order valence-electron chi connectivity index (χ0n) is 8.16. The van der Waals surface area contributed by atoms with E-state index in [1.165, 1.54) is 0 Å². The summed E-state index contributed by atoms with van der Waals surface area (Å²) in [5.41, 5.74) is 7.34. The molecule has 2 aromatic rings. The Morgan fingerprint density at radius 3 is 2.93 bits per heavy atom. The molecule has 4 heteroatoms.